The van der Waals surface area contributed by atoms with Crippen molar-refractivity contribution in [3.8, 4) is 11.5 Å². The summed E-state index contributed by atoms with van der Waals surface area (Å²) in [6.07, 6.45) is 0. The van der Waals surface area contributed by atoms with Crippen LogP contribution in [0, 0.1) is 0 Å². The Kier molecular flexibility index (Phi) is 4.04. The van der Waals surface area contributed by atoms with E-state index in [0.717, 1.165) is 0 Å². The van der Waals surface area contributed by atoms with Gasteiger partial charge in [-0.15, -0.1) is 0 Å². The van der Waals surface area contributed by atoms with E-state index >= 15 is 0 Å². The van der Waals surface area contributed by atoms with Crippen molar-refractivity contribution in [1.29, 1.82) is 0 Å². The van der Waals surface area contributed by atoms with Gasteiger partial charge >= 0.3 is 0 Å². The van der Waals surface area contributed by atoms with Gasteiger partial charge in [0.2, 0.25) is 0 Å². The van der Waals surface area contributed by atoms with E-state index in [0.29, 0.717) is 49.9 Å². The molecule has 1 heterocycles. The lowest BCUT2D eigenvalue weighted by atomic mass is 10.1. The SMILES string of the molecule is CCN(CCN)C(=O)c1cccc2c1OCCO2. The molecule has 0 aromatic heterocycles. The number of nitrogens with zero attached hydrogens (tertiary/aromatic N) is 1. The standard InChI is InChI=1S/C13H18N2O3/c1-2-15(7-6-14)13(16)10-4-3-5-11-12(10)18-9-8-17-11/h3-5H,2,6-9,14H2,1H3. The van der Waals surface area contributed by atoms with E-state index in [4.69, 9.17) is 15.2 Å². The molecular weight excluding hydrogens is 232 g/mol. The van der Waals surface area contributed by atoms with Crippen LogP contribution in [0.4, 0.5) is 0 Å². The number of likely N-dealkylation sites (N-methyl/N-ethyl adjacent to an activating group) is 1. The normalized spacial score (nSPS) is 13.2. The van der Waals surface area contributed by atoms with E-state index in [1.165, 1.54) is 0 Å². The van der Waals surface area contributed by atoms with Gasteiger partial charge in [-0.3, -0.25) is 4.79 Å². The van der Waals surface area contributed by atoms with Crippen LogP contribution in [-0.4, -0.2) is 43.7 Å². The molecule has 1 amide bonds. The van der Waals surface area contributed by atoms with Crippen molar-refractivity contribution in [2.75, 3.05) is 32.8 Å². The van der Waals surface area contributed by atoms with Gasteiger partial charge in [0.05, 0.1) is 5.56 Å². The van der Waals surface area contributed by atoms with Crippen molar-refractivity contribution in [1.82, 2.24) is 4.90 Å². The van der Waals surface area contributed by atoms with E-state index in [9.17, 15) is 4.79 Å². The Labute approximate surface area is 106 Å². The molecule has 0 aliphatic carbocycles. The number of benzene rings is 1. The van der Waals surface area contributed by atoms with Crippen LogP contribution in [0.1, 0.15) is 17.3 Å². The average Bonchev–Trinajstić information content (AvgIpc) is 2.43. The van der Waals surface area contributed by atoms with Crippen LogP contribution in [0.5, 0.6) is 11.5 Å². The molecule has 5 heteroatoms. The van der Waals surface area contributed by atoms with Crippen molar-refractivity contribution >= 4 is 5.91 Å². The average molecular weight is 250 g/mol. The van der Waals surface area contributed by atoms with Crippen molar-refractivity contribution < 1.29 is 14.3 Å². The lowest BCUT2D eigenvalue weighted by molar-refractivity contribution is 0.0758. The summed E-state index contributed by atoms with van der Waals surface area (Å²) in [6.45, 7) is 4.54. The highest BCUT2D eigenvalue weighted by Gasteiger charge is 2.23. The van der Waals surface area contributed by atoms with Crippen LogP contribution in [0.2, 0.25) is 0 Å². The Bertz CT molecular complexity index is 434. The van der Waals surface area contributed by atoms with Gasteiger partial charge in [-0.1, -0.05) is 6.07 Å². The monoisotopic (exact) mass is 250 g/mol. The molecule has 98 valence electrons. The molecule has 0 fully saturated rings. The van der Waals surface area contributed by atoms with Gasteiger partial charge in [-0.05, 0) is 19.1 Å². The Morgan fingerprint density at radius 2 is 2.17 bits per heavy atom. The molecule has 1 aliphatic heterocycles. The molecule has 1 aromatic carbocycles. The van der Waals surface area contributed by atoms with Crippen LogP contribution in [0.15, 0.2) is 18.2 Å². The molecule has 18 heavy (non-hydrogen) atoms. The van der Waals surface area contributed by atoms with Gasteiger partial charge in [0.25, 0.3) is 5.91 Å². The highest BCUT2D eigenvalue weighted by Crippen LogP contribution is 2.34. The lowest BCUT2D eigenvalue weighted by Gasteiger charge is -2.24. The van der Waals surface area contributed by atoms with Gasteiger partial charge in [-0.2, -0.15) is 0 Å². The molecule has 0 bridgehead atoms. The first-order valence-electron chi connectivity index (χ1n) is 6.16. The van der Waals surface area contributed by atoms with Gasteiger partial charge < -0.3 is 20.1 Å². The van der Waals surface area contributed by atoms with Gasteiger partial charge in [0.15, 0.2) is 11.5 Å². The topological polar surface area (TPSA) is 64.8 Å². The van der Waals surface area contributed by atoms with E-state index in [2.05, 4.69) is 0 Å². The maximum atomic E-state index is 12.4. The van der Waals surface area contributed by atoms with Crippen molar-refractivity contribution in [2.45, 2.75) is 6.92 Å². The molecule has 5 nitrogen and oxygen atoms in total. The van der Waals surface area contributed by atoms with Crippen LogP contribution in [0.3, 0.4) is 0 Å². The number of nitrogens with two attached hydrogens (primary N) is 1. The largest absolute Gasteiger partial charge is 0.486 e. The lowest BCUT2D eigenvalue weighted by Crippen LogP contribution is -2.35. The number of hydrogen-bond donors (Lipinski definition) is 1. The number of ether oxygens (including phenoxy) is 2. The summed E-state index contributed by atoms with van der Waals surface area (Å²) in [4.78, 5) is 14.1. The van der Waals surface area contributed by atoms with E-state index in [-0.39, 0.29) is 5.91 Å². The minimum Gasteiger partial charge on any atom is -0.486 e. The summed E-state index contributed by atoms with van der Waals surface area (Å²) in [5, 5.41) is 0. The summed E-state index contributed by atoms with van der Waals surface area (Å²) in [6, 6.07) is 5.37. The first-order chi connectivity index (χ1) is 8.77. The van der Waals surface area contributed by atoms with Crippen LogP contribution in [0.25, 0.3) is 0 Å². The maximum Gasteiger partial charge on any atom is 0.257 e. The van der Waals surface area contributed by atoms with Gasteiger partial charge in [0, 0.05) is 19.6 Å². The predicted octanol–water partition coefficient (Wildman–Crippen LogP) is 0.879. The minimum atomic E-state index is -0.0645. The van der Waals surface area contributed by atoms with E-state index in [1.807, 2.05) is 13.0 Å². The molecule has 0 spiro atoms. The van der Waals surface area contributed by atoms with Crippen LogP contribution < -0.4 is 15.2 Å². The second kappa shape index (κ2) is 5.73. The van der Waals surface area contributed by atoms with Crippen molar-refractivity contribution in [3.63, 3.8) is 0 Å². The second-order valence-electron chi connectivity index (χ2n) is 4.00. The summed E-state index contributed by atoms with van der Waals surface area (Å²) < 4.78 is 11.0. The summed E-state index contributed by atoms with van der Waals surface area (Å²) in [7, 11) is 0. The molecule has 0 unspecified atom stereocenters. The first kappa shape index (κ1) is 12.7. The van der Waals surface area contributed by atoms with Gasteiger partial charge in [-0.25, -0.2) is 0 Å². The summed E-state index contributed by atoms with van der Waals surface area (Å²) in [5.74, 6) is 1.12. The van der Waals surface area contributed by atoms with Gasteiger partial charge in [0.1, 0.15) is 13.2 Å². The third-order valence-electron chi connectivity index (χ3n) is 2.86. The Hall–Kier alpha value is -1.75. The Morgan fingerprint density at radius 3 is 2.89 bits per heavy atom. The molecule has 0 radical (unpaired) electrons. The quantitative estimate of drug-likeness (QED) is 0.861. The molecular formula is C13H18N2O3. The number of rotatable bonds is 4. The minimum absolute atomic E-state index is 0.0645. The molecule has 2 N–H and O–H groups in total. The van der Waals surface area contributed by atoms with Crippen molar-refractivity contribution in [2.24, 2.45) is 5.73 Å². The molecule has 0 atom stereocenters. The summed E-state index contributed by atoms with van der Waals surface area (Å²) >= 11 is 0. The number of hydrogen-bond acceptors (Lipinski definition) is 4. The first-order valence-corrected chi connectivity index (χ1v) is 6.16. The third kappa shape index (κ3) is 2.41. The third-order valence-corrected chi connectivity index (χ3v) is 2.86. The molecule has 0 saturated heterocycles. The number of amides is 1. The van der Waals surface area contributed by atoms with Crippen molar-refractivity contribution in [3.05, 3.63) is 23.8 Å². The highest BCUT2D eigenvalue weighted by molar-refractivity contribution is 5.97. The molecule has 1 aromatic rings. The fourth-order valence-electron chi connectivity index (χ4n) is 1.97. The van der Waals surface area contributed by atoms with Crippen LogP contribution in [-0.2, 0) is 0 Å². The number of carbonyl (C=O) groups excluding carboxylic acids is 1. The number of para-hydroxylation sites is 1. The predicted molar refractivity (Wildman–Crippen MR) is 68.1 cm³/mol. The Morgan fingerprint density at radius 1 is 1.39 bits per heavy atom. The number of carbonyl (C=O) groups is 1. The number of fused-ring (bicyclic) bond motifs is 1. The smallest absolute Gasteiger partial charge is 0.257 e. The second-order valence-corrected chi connectivity index (χ2v) is 4.00. The zero-order valence-corrected chi connectivity index (χ0v) is 10.5. The fraction of sp³-hybridized carbons (Fsp3) is 0.462. The molecule has 1 aliphatic rings. The maximum absolute atomic E-state index is 12.4. The molecule has 2 rings (SSSR count). The van der Waals surface area contributed by atoms with E-state index in [1.54, 1.807) is 17.0 Å². The fourth-order valence-corrected chi connectivity index (χ4v) is 1.97. The van der Waals surface area contributed by atoms with Crippen LogP contribution >= 0.6 is 0 Å². The zero-order chi connectivity index (χ0) is 13.0. The summed E-state index contributed by atoms with van der Waals surface area (Å²) in [5.41, 5.74) is 6.05. The highest BCUT2D eigenvalue weighted by atomic mass is 16.6. The van der Waals surface area contributed by atoms with E-state index < -0.39 is 0 Å². The molecule has 0 saturated carbocycles. The Balaban J connectivity index is 2.29. The zero-order valence-electron chi connectivity index (χ0n) is 10.5.